The Kier molecular flexibility index (Phi) is 6.30. The highest BCUT2D eigenvalue weighted by molar-refractivity contribution is 7.80. The number of thiophene rings is 1. The molecule has 0 saturated carbocycles. The van der Waals surface area contributed by atoms with Crippen molar-refractivity contribution >= 4 is 45.3 Å². The molecule has 2 N–H and O–H groups in total. The lowest BCUT2D eigenvalue weighted by molar-refractivity contribution is 0.0601. The van der Waals surface area contributed by atoms with E-state index in [1.54, 1.807) is 11.3 Å². The van der Waals surface area contributed by atoms with Gasteiger partial charge >= 0.3 is 5.97 Å². The number of thiocarbonyl (C=S) groups is 1. The first kappa shape index (κ1) is 20.4. The minimum atomic E-state index is -0.320. The second-order valence-electron chi connectivity index (χ2n) is 6.93. The summed E-state index contributed by atoms with van der Waals surface area (Å²) < 4.78 is 10.8. The molecule has 0 spiro atoms. The minimum absolute atomic E-state index is 0.320. The summed E-state index contributed by atoms with van der Waals surface area (Å²) in [7, 11) is 1.41. The van der Waals surface area contributed by atoms with Gasteiger partial charge in [-0.1, -0.05) is 30.3 Å². The third-order valence-electron chi connectivity index (χ3n) is 4.90. The molecule has 1 aliphatic rings. The number of benzene rings is 2. The molecule has 5 nitrogen and oxygen atoms in total. The van der Waals surface area contributed by atoms with Crippen LogP contribution in [0.4, 0.5) is 10.7 Å². The molecule has 0 unspecified atom stereocenters. The smallest absolute Gasteiger partial charge is 0.341 e. The monoisotopic (exact) mass is 438 g/mol. The Morgan fingerprint density at radius 2 is 1.83 bits per heavy atom. The Labute approximate surface area is 185 Å². The molecule has 30 heavy (non-hydrogen) atoms. The normalized spacial score (nSPS) is 12.2. The van der Waals surface area contributed by atoms with Crippen molar-refractivity contribution in [1.82, 2.24) is 0 Å². The van der Waals surface area contributed by atoms with Crippen molar-refractivity contribution < 1.29 is 14.3 Å². The van der Waals surface area contributed by atoms with E-state index in [9.17, 15) is 4.79 Å². The summed E-state index contributed by atoms with van der Waals surface area (Å²) in [5.41, 5.74) is 3.67. The summed E-state index contributed by atoms with van der Waals surface area (Å²) >= 11 is 7.03. The van der Waals surface area contributed by atoms with E-state index in [-0.39, 0.29) is 5.97 Å². The number of carbonyl (C=O) groups excluding carboxylic acids is 1. The van der Waals surface area contributed by atoms with Crippen LogP contribution in [0.3, 0.4) is 0 Å². The molecule has 154 valence electrons. The number of ether oxygens (including phenoxy) is 2. The molecular formula is C23H22N2O3S2. The van der Waals surface area contributed by atoms with E-state index in [0.29, 0.717) is 17.3 Å². The molecule has 7 heteroatoms. The Hall–Kier alpha value is -2.90. The Bertz CT molecular complexity index is 1050. The third kappa shape index (κ3) is 4.63. The van der Waals surface area contributed by atoms with Gasteiger partial charge in [0.15, 0.2) is 5.11 Å². The summed E-state index contributed by atoms with van der Waals surface area (Å²) in [4.78, 5) is 13.5. The fourth-order valence-electron chi connectivity index (χ4n) is 3.45. The number of carbonyl (C=O) groups is 1. The number of rotatable bonds is 6. The second kappa shape index (κ2) is 9.28. The van der Waals surface area contributed by atoms with Crippen molar-refractivity contribution in [1.29, 1.82) is 0 Å². The predicted octanol–water partition coefficient (Wildman–Crippen LogP) is 5.41. The van der Waals surface area contributed by atoms with Gasteiger partial charge in [0.1, 0.15) is 17.4 Å². The van der Waals surface area contributed by atoms with Gasteiger partial charge < -0.3 is 20.1 Å². The molecule has 0 fully saturated rings. The van der Waals surface area contributed by atoms with Gasteiger partial charge in [-0.15, -0.1) is 11.3 Å². The highest BCUT2D eigenvalue weighted by Crippen LogP contribution is 2.39. The van der Waals surface area contributed by atoms with Gasteiger partial charge in [0.2, 0.25) is 0 Å². The van der Waals surface area contributed by atoms with E-state index in [2.05, 4.69) is 10.6 Å². The summed E-state index contributed by atoms with van der Waals surface area (Å²) in [6.45, 7) is 0.521. The lowest BCUT2D eigenvalue weighted by atomic mass is 10.1. The number of aryl methyl sites for hydroxylation is 1. The maximum atomic E-state index is 12.3. The van der Waals surface area contributed by atoms with E-state index in [0.717, 1.165) is 46.8 Å². The van der Waals surface area contributed by atoms with Crippen LogP contribution in [0.2, 0.25) is 0 Å². The summed E-state index contributed by atoms with van der Waals surface area (Å²) in [5, 5.41) is 7.50. The van der Waals surface area contributed by atoms with Gasteiger partial charge in [-0.3, -0.25) is 0 Å². The van der Waals surface area contributed by atoms with E-state index < -0.39 is 0 Å². The molecule has 4 rings (SSSR count). The van der Waals surface area contributed by atoms with Crippen molar-refractivity contribution in [3.63, 3.8) is 0 Å². The molecule has 0 aliphatic heterocycles. The van der Waals surface area contributed by atoms with Gasteiger partial charge in [0.05, 0.1) is 12.7 Å². The fourth-order valence-corrected chi connectivity index (χ4v) is 5.02. The molecule has 3 aromatic rings. The number of anilines is 2. The molecule has 0 bridgehead atoms. The molecule has 0 radical (unpaired) electrons. The molecule has 1 aromatic heterocycles. The Morgan fingerprint density at radius 3 is 2.57 bits per heavy atom. The van der Waals surface area contributed by atoms with E-state index >= 15 is 0 Å². The summed E-state index contributed by atoms with van der Waals surface area (Å²) in [5.74, 6) is 0.463. The second-order valence-corrected chi connectivity index (χ2v) is 8.44. The zero-order chi connectivity index (χ0) is 20.9. The molecule has 1 aliphatic carbocycles. The number of hydrogen-bond donors (Lipinski definition) is 2. The van der Waals surface area contributed by atoms with Crippen LogP contribution in [0.5, 0.6) is 5.75 Å². The topological polar surface area (TPSA) is 59.6 Å². The van der Waals surface area contributed by atoms with Crippen molar-refractivity contribution in [2.75, 3.05) is 17.7 Å². The average molecular weight is 439 g/mol. The fraction of sp³-hybridized carbons (Fsp3) is 0.217. The van der Waals surface area contributed by atoms with Crippen molar-refractivity contribution in [3.05, 3.63) is 76.2 Å². The molecular weight excluding hydrogens is 416 g/mol. The average Bonchev–Trinajstić information content (AvgIpc) is 3.34. The number of hydrogen-bond acceptors (Lipinski definition) is 5. The van der Waals surface area contributed by atoms with Crippen LogP contribution in [-0.2, 0) is 24.2 Å². The maximum Gasteiger partial charge on any atom is 0.341 e. The number of fused-ring (bicyclic) bond motifs is 1. The SMILES string of the molecule is COC(=O)c1c(NC(=S)Nc2ccc(OCc3ccccc3)cc2)sc2c1CCC2. The van der Waals surface area contributed by atoms with E-state index in [1.165, 1.54) is 12.0 Å². The van der Waals surface area contributed by atoms with Gasteiger partial charge in [-0.2, -0.15) is 0 Å². The third-order valence-corrected chi connectivity index (χ3v) is 6.31. The number of nitrogens with one attached hydrogen (secondary N) is 2. The quantitative estimate of drug-likeness (QED) is 0.396. The minimum Gasteiger partial charge on any atom is -0.489 e. The summed E-state index contributed by atoms with van der Waals surface area (Å²) in [6, 6.07) is 17.6. The van der Waals surface area contributed by atoms with E-state index in [4.69, 9.17) is 21.7 Å². The highest BCUT2D eigenvalue weighted by Gasteiger charge is 2.27. The lowest BCUT2D eigenvalue weighted by Gasteiger charge is -2.12. The predicted molar refractivity (Wildman–Crippen MR) is 125 cm³/mol. The van der Waals surface area contributed by atoms with Crippen LogP contribution in [0.15, 0.2) is 54.6 Å². The van der Waals surface area contributed by atoms with E-state index in [1.807, 2.05) is 54.6 Å². The zero-order valence-electron chi connectivity index (χ0n) is 16.6. The standard InChI is InChI=1S/C23H22N2O3S2/c1-27-22(26)20-18-8-5-9-19(18)30-21(20)25-23(29)24-16-10-12-17(13-11-16)28-14-15-6-3-2-4-7-15/h2-4,6-7,10-13H,5,8-9,14H2,1H3,(H2,24,25,29). The molecule has 1 heterocycles. The maximum absolute atomic E-state index is 12.3. The van der Waals surface area contributed by atoms with Crippen LogP contribution >= 0.6 is 23.6 Å². The number of methoxy groups -OCH3 is 1. The van der Waals surface area contributed by atoms with Crippen LogP contribution in [0.25, 0.3) is 0 Å². The van der Waals surface area contributed by atoms with Crippen LogP contribution < -0.4 is 15.4 Å². The number of esters is 1. The van der Waals surface area contributed by atoms with Crippen molar-refractivity contribution in [2.24, 2.45) is 0 Å². The van der Waals surface area contributed by atoms with Gasteiger partial charge in [-0.25, -0.2) is 4.79 Å². The largest absolute Gasteiger partial charge is 0.489 e. The van der Waals surface area contributed by atoms with Crippen LogP contribution in [-0.4, -0.2) is 18.2 Å². The van der Waals surface area contributed by atoms with Gasteiger partial charge in [0, 0.05) is 10.6 Å². The first-order valence-corrected chi connectivity index (χ1v) is 10.9. The molecule has 2 aromatic carbocycles. The highest BCUT2D eigenvalue weighted by atomic mass is 32.1. The zero-order valence-corrected chi connectivity index (χ0v) is 18.2. The molecule has 0 atom stereocenters. The van der Waals surface area contributed by atoms with Crippen molar-refractivity contribution in [3.8, 4) is 5.75 Å². The summed E-state index contributed by atoms with van der Waals surface area (Å²) in [6.07, 6.45) is 2.98. The van der Waals surface area contributed by atoms with Crippen LogP contribution in [0.1, 0.15) is 32.8 Å². The molecule has 0 saturated heterocycles. The van der Waals surface area contributed by atoms with Gasteiger partial charge in [-0.05, 0) is 66.9 Å². The molecule has 0 amide bonds. The first-order chi connectivity index (χ1) is 14.6. The lowest BCUT2D eigenvalue weighted by Crippen LogP contribution is -2.20. The van der Waals surface area contributed by atoms with Gasteiger partial charge in [0.25, 0.3) is 0 Å². The first-order valence-electron chi connectivity index (χ1n) is 9.71. The van der Waals surface area contributed by atoms with Crippen LogP contribution in [0, 0.1) is 0 Å². The van der Waals surface area contributed by atoms with Crippen molar-refractivity contribution in [2.45, 2.75) is 25.9 Å². The Balaban J connectivity index is 1.37. The Morgan fingerprint density at radius 1 is 1.07 bits per heavy atom.